The molecule has 1 aliphatic rings. The lowest BCUT2D eigenvalue weighted by atomic mass is 9.82. The Morgan fingerprint density at radius 2 is 0.575 bits per heavy atom. The van der Waals surface area contributed by atoms with Gasteiger partial charge in [-0.1, -0.05) is 287 Å². The molecule has 0 aliphatic heterocycles. The van der Waals surface area contributed by atoms with Gasteiger partial charge in [0.25, 0.3) is 0 Å². The van der Waals surface area contributed by atoms with E-state index in [9.17, 15) is 0 Å². The fraction of sp³-hybridized carbons (Fsp3) is 0.0263. The zero-order valence-corrected chi connectivity index (χ0v) is 69.6. The molecular weight excluding hydrogens is 1570 g/mol. The summed E-state index contributed by atoms with van der Waals surface area (Å²) in [4.78, 5) is 47.0. The van der Waals surface area contributed by atoms with Crippen molar-refractivity contribution in [3.05, 3.63) is 405 Å². The summed E-state index contributed by atoms with van der Waals surface area (Å²) in [5, 5.41) is 8.69. The average Bonchev–Trinajstić information content (AvgIpc) is 1.56. The summed E-state index contributed by atoms with van der Waals surface area (Å²) < 4.78 is 13.8. The van der Waals surface area contributed by atoms with E-state index >= 15 is 0 Å². The molecule has 0 fully saturated rings. The highest BCUT2D eigenvalue weighted by molar-refractivity contribution is 7.26. The molecule has 0 radical (unpaired) electrons. The highest BCUT2D eigenvalue weighted by atomic mass is 32.1. The molecule has 0 saturated carbocycles. The van der Waals surface area contributed by atoms with E-state index in [1.54, 1.807) is 11.3 Å². The monoisotopic (exact) mass is 1640 g/mol. The van der Waals surface area contributed by atoms with Gasteiger partial charge in [0, 0.05) is 119 Å². The third kappa shape index (κ3) is 12.4. The van der Waals surface area contributed by atoms with Gasteiger partial charge in [0.1, 0.15) is 11.2 Å². The van der Waals surface area contributed by atoms with Crippen LogP contribution in [0, 0.1) is 0 Å². The quantitative estimate of drug-likeness (QED) is 0.103. The predicted molar refractivity (Wildman–Crippen MR) is 518 cm³/mol. The Balaban J connectivity index is 0.559. The fourth-order valence-electron chi connectivity index (χ4n) is 19.1. The Hall–Kier alpha value is -16.6. The summed E-state index contributed by atoms with van der Waals surface area (Å²) in [5.41, 5.74) is 27.5. The van der Waals surface area contributed by atoms with Crippen LogP contribution in [0.5, 0.6) is 0 Å². The molecule has 24 aromatic rings. The van der Waals surface area contributed by atoms with Crippen molar-refractivity contribution in [1.29, 1.82) is 0 Å². The van der Waals surface area contributed by atoms with Gasteiger partial charge in [-0.05, 0) is 177 Å². The number of hydrogen-bond acceptors (Lipinski definition) is 11. The molecule has 13 heteroatoms. The highest BCUT2D eigenvalue weighted by Gasteiger charge is 2.37. The Kier molecular flexibility index (Phi) is 16.9. The third-order valence-corrected chi connectivity index (χ3v) is 26.4. The first-order chi connectivity index (χ1) is 62.6. The Labute approximate surface area is 733 Å². The molecule has 0 amide bonds. The van der Waals surface area contributed by atoms with Crippen LogP contribution in [0.1, 0.15) is 25.0 Å². The Bertz CT molecular complexity index is 8490. The van der Waals surface area contributed by atoms with E-state index in [2.05, 4.69) is 266 Å². The number of rotatable bonds is 14. The summed E-state index contributed by atoms with van der Waals surface area (Å²) in [6, 6.07) is 139. The van der Waals surface area contributed by atoms with E-state index in [1.807, 2.05) is 152 Å². The van der Waals surface area contributed by atoms with Crippen molar-refractivity contribution in [2.24, 2.45) is 0 Å². The molecule has 127 heavy (non-hydrogen) atoms. The van der Waals surface area contributed by atoms with Crippen LogP contribution in [-0.2, 0) is 5.41 Å². The normalized spacial score (nSPS) is 12.4. The van der Waals surface area contributed by atoms with Crippen LogP contribution in [-0.4, -0.2) is 54.0 Å². The standard InChI is InChI=1S/C114H71N11OS/c1-114(2)93-53-46-74(61-86(93)87-67-82(52-54-94(87)114)125-95-43-22-21-40-83(95)88-62-75(47-55-96(88)125)77-50-58-99-91(64-77)103-84(41-24-44-100(103)126-99)112-120-107(70-30-13-5-14-31-70)116-108(121-112)71-32-15-6-16-33-71)73-36-23-37-79(60-73)110-119-109(72-34-17-7-18-35-72)122-113(123-110)85-42-25-45-102-104(85)92-65-78(51-59-101(92)127-102)76-48-56-97-89(63-76)90-66-80(49-57-98(90)124(97)81-38-19-8-20-39-81)111-117-105(68-26-9-3-10-27-68)115-106(118-111)69-28-11-4-12-29-69/h3-67H,1-2H3. The summed E-state index contributed by atoms with van der Waals surface area (Å²) in [6.07, 6.45) is 0. The molecule has 0 atom stereocenters. The molecule has 7 aromatic heterocycles. The van der Waals surface area contributed by atoms with Crippen molar-refractivity contribution >= 4 is 97.1 Å². The number of hydrogen-bond donors (Lipinski definition) is 0. The second kappa shape index (κ2) is 29.3. The topological polar surface area (TPSA) is 139 Å². The Morgan fingerprint density at radius 1 is 0.213 bits per heavy atom. The summed E-state index contributed by atoms with van der Waals surface area (Å²) in [6.45, 7) is 4.71. The van der Waals surface area contributed by atoms with E-state index in [4.69, 9.17) is 49.3 Å². The minimum Gasteiger partial charge on any atom is -0.456 e. The maximum atomic E-state index is 6.65. The van der Waals surface area contributed by atoms with Crippen molar-refractivity contribution in [3.63, 3.8) is 0 Å². The maximum absolute atomic E-state index is 6.65. The fourth-order valence-corrected chi connectivity index (χ4v) is 20.2. The largest absolute Gasteiger partial charge is 0.456 e. The molecule has 0 unspecified atom stereocenters. The molecular formula is C114H71N11OS. The zero-order valence-electron chi connectivity index (χ0n) is 68.8. The lowest BCUT2D eigenvalue weighted by Gasteiger charge is -2.22. The molecule has 7 heterocycles. The van der Waals surface area contributed by atoms with Crippen molar-refractivity contribution < 1.29 is 4.42 Å². The van der Waals surface area contributed by atoms with Crippen LogP contribution >= 0.6 is 11.3 Å². The highest BCUT2D eigenvalue weighted by Crippen LogP contribution is 2.52. The van der Waals surface area contributed by atoms with Crippen molar-refractivity contribution in [2.75, 3.05) is 0 Å². The van der Waals surface area contributed by atoms with Gasteiger partial charge in [0.05, 0.1) is 22.1 Å². The SMILES string of the molecule is CC1(C)c2ccc(-c3cccc(-c4nc(-c5ccccc5)nc(-c5cccc6sc7ccc(-c8ccc9c(c8)c8cc(-c%10nc(-c%11ccccc%11)nc(-c%11ccccc%11)n%10)ccc8n9-c8ccccc8)cc7c56)n4)c3)cc2-c2cc(-n3c4ccccc4c4cc(-c5ccc6oc7cccc(-c8nc(-c9ccccc9)nc(-c9ccccc9)n8)c7c6c5)ccc43)ccc21. The van der Waals surface area contributed by atoms with Crippen molar-refractivity contribution in [3.8, 4) is 158 Å². The number of thiophene rings is 1. The molecule has 0 spiro atoms. The van der Waals surface area contributed by atoms with E-state index < -0.39 is 0 Å². The van der Waals surface area contributed by atoms with Crippen molar-refractivity contribution in [1.82, 2.24) is 54.0 Å². The van der Waals surface area contributed by atoms with Gasteiger partial charge < -0.3 is 13.6 Å². The second-order valence-corrected chi connectivity index (χ2v) is 34.2. The van der Waals surface area contributed by atoms with Gasteiger partial charge in [-0.3, -0.25) is 0 Å². The number of aromatic nitrogens is 11. The first-order valence-electron chi connectivity index (χ1n) is 42.7. The second-order valence-electron chi connectivity index (χ2n) is 33.1. The molecule has 0 N–H and O–H groups in total. The number of nitrogens with zero attached hydrogens (tertiary/aromatic N) is 11. The lowest BCUT2D eigenvalue weighted by Crippen LogP contribution is -2.14. The Morgan fingerprint density at radius 3 is 1.13 bits per heavy atom. The molecule has 0 saturated heterocycles. The van der Waals surface area contributed by atoms with Gasteiger partial charge in [-0.15, -0.1) is 11.3 Å². The van der Waals surface area contributed by atoms with Crippen molar-refractivity contribution in [2.45, 2.75) is 19.3 Å². The maximum Gasteiger partial charge on any atom is 0.164 e. The van der Waals surface area contributed by atoms with Crippen LogP contribution in [0.3, 0.4) is 0 Å². The molecule has 25 rings (SSSR count). The lowest BCUT2D eigenvalue weighted by molar-refractivity contribution is 0.660. The van der Waals surface area contributed by atoms with Gasteiger partial charge in [0.2, 0.25) is 0 Å². The molecule has 594 valence electrons. The molecule has 1 aliphatic carbocycles. The first kappa shape index (κ1) is 73.1. The van der Waals surface area contributed by atoms with Crippen LogP contribution in [0.15, 0.2) is 399 Å². The van der Waals surface area contributed by atoms with Crippen LogP contribution in [0.25, 0.3) is 244 Å². The number of furan rings is 1. The number of benzene rings is 17. The minimum atomic E-state index is -0.261. The van der Waals surface area contributed by atoms with Crippen LogP contribution < -0.4 is 0 Å². The summed E-state index contributed by atoms with van der Waals surface area (Å²) in [5.74, 6) is 5.41. The first-order valence-corrected chi connectivity index (χ1v) is 43.5. The molecule has 12 nitrogen and oxygen atoms in total. The van der Waals surface area contributed by atoms with Crippen LogP contribution in [0.4, 0.5) is 0 Å². The smallest absolute Gasteiger partial charge is 0.164 e. The van der Waals surface area contributed by atoms with Gasteiger partial charge in [0.15, 0.2) is 52.4 Å². The summed E-state index contributed by atoms with van der Waals surface area (Å²) in [7, 11) is 0. The number of fused-ring (bicyclic) bond motifs is 15. The summed E-state index contributed by atoms with van der Waals surface area (Å²) >= 11 is 1.78. The van der Waals surface area contributed by atoms with E-state index in [0.717, 1.165) is 170 Å². The van der Waals surface area contributed by atoms with Gasteiger partial charge in [-0.25, -0.2) is 44.9 Å². The van der Waals surface area contributed by atoms with Gasteiger partial charge >= 0.3 is 0 Å². The minimum absolute atomic E-state index is 0.261. The van der Waals surface area contributed by atoms with E-state index in [0.29, 0.717) is 52.4 Å². The zero-order chi connectivity index (χ0) is 84.0. The van der Waals surface area contributed by atoms with E-state index in [1.165, 1.54) is 32.3 Å². The predicted octanol–water partition coefficient (Wildman–Crippen LogP) is 29.0. The number of para-hydroxylation sites is 2. The average molecular weight is 1640 g/mol. The third-order valence-electron chi connectivity index (χ3n) is 25.3. The molecule has 17 aromatic carbocycles. The van der Waals surface area contributed by atoms with E-state index in [-0.39, 0.29) is 5.41 Å². The van der Waals surface area contributed by atoms with Crippen LogP contribution in [0.2, 0.25) is 0 Å². The van der Waals surface area contributed by atoms with Gasteiger partial charge in [-0.2, -0.15) is 0 Å². The molecule has 0 bridgehead atoms.